The summed E-state index contributed by atoms with van der Waals surface area (Å²) in [6, 6.07) is 19.4. The minimum absolute atomic E-state index is 0.0638. The van der Waals surface area contributed by atoms with Gasteiger partial charge in [0.05, 0.1) is 5.56 Å². The molecule has 0 bridgehead atoms. The Kier molecular flexibility index (Phi) is 5.86. The summed E-state index contributed by atoms with van der Waals surface area (Å²) < 4.78 is 5.71. The number of carboxylic acid groups (broad SMARTS) is 1. The molecule has 7 heteroatoms. The van der Waals surface area contributed by atoms with E-state index in [-0.39, 0.29) is 11.1 Å². The van der Waals surface area contributed by atoms with Gasteiger partial charge in [-0.3, -0.25) is 4.79 Å². The lowest BCUT2D eigenvalue weighted by Gasteiger charge is -2.04. The molecule has 158 valence electrons. The average Bonchev–Trinajstić information content (AvgIpc) is 3.45. The summed E-state index contributed by atoms with van der Waals surface area (Å²) in [6.45, 7) is 0.388. The minimum Gasteiger partial charge on any atom is -0.478 e. The van der Waals surface area contributed by atoms with E-state index in [1.165, 1.54) is 18.2 Å². The van der Waals surface area contributed by atoms with E-state index in [1.807, 2.05) is 36.5 Å². The first-order valence-corrected chi connectivity index (χ1v) is 9.93. The lowest BCUT2D eigenvalue weighted by Crippen LogP contribution is -2.26. The molecule has 1 amide bonds. The molecule has 0 aliphatic heterocycles. The molecular formula is C25H19N3O4. The van der Waals surface area contributed by atoms with Crippen LogP contribution >= 0.6 is 0 Å². The number of hydrogen-bond acceptors (Lipinski definition) is 4. The van der Waals surface area contributed by atoms with E-state index in [1.54, 1.807) is 24.3 Å². The van der Waals surface area contributed by atoms with Crippen LogP contribution in [-0.4, -0.2) is 28.5 Å². The Morgan fingerprint density at radius 3 is 2.62 bits per heavy atom. The number of rotatable bonds is 7. The van der Waals surface area contributed by atoms with Crippen molar-refractivity contribution in [2.24, 2.45) is 0 Å². The Balaban J connectivity index is 1.40. The van der Waals surface area contributed by atoms with Gasteiger partial charge in [-0.25, -0.2) is 4.79 Å². The van der Waals surface area contributed by atoms with Gasteiger partial charge in [0, 0.05) is 35.3 Å². The summed E-state index contributed by atoms with van der Waals surface area (Å²) in [5, 5.41) is 22.3. The van der Waals surface area contributed by atoms with Gasteiger partial charge >= 0.3 is 5.97 Å². The van der Waals surface area contributed by atoms with Crippen molar-refractivity contribution in [2.75, 3.05) is 6.54 Å². The zero-order chi connectivity index (χ0) is 22.5. The highest BCUT2D eigenvalue weighted by Gasteiger charge is 2.12. The number of nitriles is 1. The first kappa shape index (κ1) is 20.7. The number of furan rings is 1. The summed E-state index contributed by atoms with van der Waals surface area (Å²) >= 11 is 0. The topological polar surface area (TPSA) is 119 Å². The van der Waals surface area contributed by atoms with Gasteiger partial charge in [0.15, 0.2) is 0 Å². The molecule has 7 nitrogen and oxygen atoms in total. The van der Waals surface area contributed by atoms with Crippen LogP contribution in [0.2, 0.25) is 0 Å². The van der Waals surface area contributed by atoms with E-state index >= 15 is 0 Å². The van der Waals surface area contributed by atoms with E-state index in [0.717, 1.165) is 16.5 Å². The van der Waals surface area contributed by atoms with Crippen LogP contribution in [-0.2, 0) is 11.2 Å². The number of H-pyrrole nitrogens is 1. The van der Waals surface area contributed by atoms with Crippen molar-refractivity contribution in [2.45, 2.75) is 6.42 Å². The third-order valence-electron chi connectivity index (χ3n) is 5.05. The molecule has 0 unspecified atom stereocenters. The maximum atomic E-state index is 12.4. The Labute approximate surface area is 183 Å². The molecular weight excluding hydrogens is 406 g/mol. The van der Waals surface area contributed by atoms with Crippen molar-refractivity contribution < 1.29 is 19.1 Å². The van der Waals surface area contributed by atoms with Crippen molar-refractivity contribution in [3.63, 3.8) is 0 Å². The summed E-state index contributed by atoms with van der Waals surface area (Å²) in [5.41, 5.74) is 2.93. The second kappa shape index (κ2) is 9.06. The standard InChI is InChI=1S/C25H19N3O4/c26-14-19(24(29)27-12-11-18-15-28-22-4-2-1-3-21(18)22)13-20-9-10-23(32-20)16-5-7-17(8-6-16)25(30)31/h1-10,13,15,28H,11-12H2,(H,27,29)(H,30,31)/b19-13-. The molecule has 32 heavy (non-hydrogen) atoms. The van der Waals surface area contributed by atoms with Gasteiger partial charge in [-0.15, -0.1) is 0 Å². The van der Waals surface area contributed by atoms with E-state index in [0.29, 0.717) is 30.0 Å². The number of aromatic carboxylic acids is 1. The Hall–Kier alpha value is -4.57. The van der Waals surface area contributed by atoms with Crippen LogP contribution in [0.3, 0.4) is 0 Å². The van der Waals surface area contributed by atoms with Gasteiger partial charge in [0.2, 0.25) is 0 Å². The molecule has 2 aromatic heterocycles. The Morgan fingerprint density at radius 2 is 1.88 bits per heavy atom. The van der Waals surface area contributed by atoms with Crippen molar-refractivity contribution >= 4 is 28.9 Å². The van der Waals surface area contributed by atoms with E-state index in [4.69, 9.17) is 9.52 Å². The SMILES string of the molecule is N#C/C(=C/c1ccc(-c2ccc(C(=O)O)cc2)o1)C(=O)NCCc1c[nH]c2ccccc12. The number of benzene rings is 2. The summed E-state index contributed by atoms with van der Waals surface area (Å²) in [6.07, 6.45) is 3.94. The molecule has 2 aromatic carbocycles. The highest BCUT2D eigenvalue weighted by Crippen LogP contribution is 2.24. The van der Waals surface area contributed by atoms with Gasteiger partial charge in [-0.1, -0.05) is 30.3 Å². The largest absolute Gasteiger partial charge is 0.478 e. The second-order valence-electron chi connectivity index (χ2n) is 7.12. The maximum Gasteiger partial charge on any atom is 0.335 e. The zero-order valence-corrected chi connectivity index (χ0v) is 17.0. The Morgan fingerprint density at radius 1 is 1.09 bits per heavy atom. The summed E-state index contributed by atoms with van der Waals surface area (Å²) in [7, 11) is 0. The van der Waals surface area contributed by atoms with E-state index < -0.39 is 11.9 Å². The third-order valence-corrected chi connectivity index (χ3v) is 5.05. The molecule has 0 spiro atoms. The summed E-state index contributed by atoms with van der Waals surface area (Å²) in [5.74, 6) is -0.624. The number of fused-ring (bicyclic) bond motifs is 1. The lowest BCUT2D eigenvalue weighted by molar-refractivity contribution is -0.117. The molecule has 4 rings (SSSR count). The number of carboxylic acids is 1. The summed E-state index contributed by atoms with van der Waals surface area (Å²) in [4.78, 5) is 26.6. The predicted octanol–water partition coefficient (Wildman–Crippen LogP) is 4.39. The zero-order valence-electron chi connectivity index (χ0n) is 17.0. The van der Waals surface area contributed by atoms with Gasteiger partial charge in [0.1, 0.15) is 23.2 Å². The molecule has 4 aromatic rings. The van der Waals surface area contributed by atoms with Crippen LogP contribution in [0.15, 0.2) is 76.9 Å². The molecule has 0 atom stereocenters. The fourth-order valence-corrected chi connectivity index (χ4v) is 3.40. The number of carbonyl (C=O) groups is 2. The smallest absolute Gasteiger partial charge is 0.335 e. The first-order chi connectivity index (χ1) is 15.5. The number of para-hydroxylation sites is 1. The number of aromatic nitrogens is 1. The maximum absolute atomic E-state index is 12.4. The molecule has 0 saturated carbocycles. The van der Waals surface area contributed by atoms with Crippen LogP contribution < -0.4 is 5.32 Å². The molecule has 0 radical (unpaired) electrons. The Bertz CT molecular complexity index is 1350. The fraction of sp³-hybridized carbons (Fsp3) is 0.0800. The molecule has 0 saturated heterocycles. The second-order valence-corrected chi connectivity index (χ2v) is 7.12. The fourth-order valence-electron chi connectivity index (χ4n) is 3.40. The number of amides is 1. The molecule has 2 heterocycles. The number of hydrogen-bond donors (Lipinski definition) is 3. The molecule has 0 aliphatic carbocycles. The van der Waals surface area contributed by atoms with Gasteiger partial charge in [-0.2, -0.15) is 5.26 Å². The third kappa shape index (κ3) is 4.45. The molecule has 3 N–H and O–H groups in total. The van der Waals surface area contributed by atoms with Crippen LogP contribution in [0.4, 0.5) is 0 Å². The van der Waals surface area contributed by atoms with Gasteiger partial charge < -0.3 is 19.8 Å². The van der Waals surface area contributed by atoms with Crippen molar-refractivity contribution in [1.29, 1.82) is 5.26 Å². The number of nitrogens with zero attached hydrogens (tertiary/aromatic N) is 1. The van der Waals surface area contributed by atoms with Crippen LogP contribution in [0.5, 0.6) is 0 Å². The minimum atomic E-state index is -1.01. The van der Waals surface area contributed by atoms with Crippen molar-refractivity contribution in [3.8, 4) is 17.4 Å². The van der Waals surface area contributed by atoms with Crippen molar-refractivity contribution in [1.82, 2.24) is 10.3 Å². The van der Waals surface area contributed by atoms with Crippen LogP contribution in [0.1, 0.15) is 21.7 Å². The first-order valence-electron chi connectivity index (χ1n) is 9.93. The van der Waals surface area contributed by atoms with Gasteiger partial charge in [-0.05, 0) is 42.3 Å². The van der Waals surface area contributed by atoms with Gasteiger partial charge in [0.25, 0.3) is 5.91 Å². The lowest BCUT2D eigenvalue weighted by atomic mass is 10.1. The van der Waals surface area contributed by atoms with E-state index in [9.17, 15) is 14.9 Å². The highest BCUT2D eigenvalue weighted by molar-refractivity contribution is 6.01. The predicted molar refractivity (Wildman–Crippen MR) is 120 cm³/mol. The quantitative estimate of drug-likeness (QED) is 0.300. The number of carbonyl (C=O) groups excluding carboxylic acids is 1. The van der Waals surface area contributed by atoms with Crippen molar-refractivity contribution in [3.05, 3.63) is 89.3 Å². The highest BCUT2D eigenvalue weighted by atomic mass is 16.4. The van der Waals surface area contributed by atoms with Crippen LogP contribution in [0.25, 0.3) is 28.3 Å². The normalized spacial score (nSPS) is 11.3. The van der Waals surface area contributed by atoms with Crippen LogP contribution in [0, 0.1) is 11.3 Å². The average molecular weight is 425 g/mol. The van der Waals surface area contributed by atoms with E-state index in [2.05, 4.69) is 10.3 Å². The molecule has 0 aliphatic rings. The monoisotopic (exact) mass is 425 g/mol. The number of aromatic amines is 1. The molecule has 0 fully saturated rings. The number of nitrogens with one attached hydrogen (secondary N) is 2.